The Morgan fingerprint density at radius 2 is 1.71 bits per heavy atom. The fourth-order valence-electron chi connectivity index (χ4n) is 3.30. The zero-order chi connectivity index (χ0) is 20.1. The van der Waals surface area contributed by atoms with Crippen molar-refractivity contribution in [2.24, 2.45) is 0 Å². The number of likely N-dealkylation sites (N-methyl/N-ethyl adjacent to an activating group) is 1. The van der Waals surface area contributed by atoms with Gasteiger partial charge in [0, 0.05) is 50.4 Å². The molecule has 1 aliphatic rings. The van der Waals surface area contributed by atoms with E-state index < -0.39 is 4.92 Å². The number of nitrogens with one attached hydrogen (secondary N) is 1. The van der Waals surface area contributed by atoms with Gasteiger partial charge in [-0.05, 0) is 36.9 Å². The van der Waals surface area contributed by atoms with E-state index in [1.165, 1.54) is 36.4 Å². The molecule has 0 unspecified atom stereocenters. The summed E-state index contributed by atoms with van der Waals surface area (Å²) in [6.45, 7) is 3.92. The van der Waals surface area contributed by atoms with Crippen LogP contribution in [0, 0.1) is 15.9 Å². The highest BCUT2D eigenvalue weighted by atomic mass is 19.1. The molecular formula is C20H23FN4O3. The van der Waals surface area contributed by atoms with E-state index in [0.717, 1.165) is 31.7 Å². The largest absolute Gasteiger partial charge is 0.350 e. The molecular weight excluding hydrogens is 363 g/mol. The fourth-order valence-corrected chi connectivity index (χ4v) is 3.30. The van der Waals surface area contributed by atoms with E-state index in [0.29, 0.717) is 12.1 Å². The van der Waals surface area contributed by atoms with Gasteiger partial charge >= 0.3 is 0 Å². The summed E-state index contributed by atoms with van der Waals surface area (Å²) in [6.07, 6.45) is 0. The molecule has 2 aromatic carbocycles. The van der Waals surface area contributed by atoms with Gasteiger partial charge in [0.05, 0.1) is 11.0 Å². The predicted molar refractivity (Wildman–Crippen MR) is 104 cm³/mol. The Labute approximate surface area is 162 Å². The molecule has 1 aliphatic heterocycles. The number of rotatable bonds is 6. The van der Waals surface area contributed by atoms with Gasteiger partial charge in [-0.15, -0.1) is 0 Å². The smallest absolute Gasteiger partial charge is 0.269 e. The lowest BCUT2D eigenvalue weighted by Crippen LogP contribution is -2.48. The molecule has 1 N–H and O–H groups in total. The highest BCUT2D eigenvalue weighted by Crippen LogP contribution is 2.22. The SMILES string of the molecule is CN1CCN([C@@H](CNC(=O)c2ccc([N+](=O)[O-])cc2)c2ccc(F)cc2)CC1. The number of amides is 1. The number of piperazine rings is 1. The number of hydrogen-bond acceptors (Lipinski definition) is 5. The van der Waals surface area contributed by atoms with Crippen LogP contribution in [0.4, 0.5) is 10.1 Å². The van der Waals surface area contributed by atoms with Crippen LogP contribution in [0.5, 0.6) is 0 Å². The molecule has 0 bridgehead atoms. The minimum absolute atomic E-state index is 0.0572. The quantitative estimate of drug-likeness (QED) is 0.609. The van der Waals surface area contributed by atoms with Crippen molar-refractivity contribution in [3.05, 3.63) is 75.6 Å². The van der Waals surface area contributed by atoms with Crippen LogP contribution in [0.15, 0.2) is 48.5 Å². The third-order valence-electron chi connectivity index (χ3n) is 5.03. The van der Waals surface area contributed by atoms with E-state index in [1.54, 1.807) is 12.1 Å². The van der Waals surface area contributed by atoms with Gasteiger partial charge in [0.15, 0.2) is 0 Å². The van der Waals surface area contributed by atoms with Crippen molar-refractivity contribution in [2.45, 2.75) is 6.04 Å². The summed E-state index contributed by atoms with van der Waals surface area (Å²) < 4.78 is 13.3. The second kappa shape index (κ2) is 8.90. The van der Waals surface area contributed by atoms with Crippen LogP contribution in [-0.4, -0.2) is 60.4 Å². The van der Waals surface area contributed by atoms with Crippen LogP contribution in [0.3, 0.4) is 0 Å². The van der Waals surface area contributed by atoms with E-state index >= 15 is 0 Å². The predicted octanol–water partition coefficient (Wildman–Crippen LogP) is 2.45. The van der Waals surface area contributed by atoms with E-state index in [4.69, 9.17) is 0 Å². The number of hydrogen-bond donors (Lipinski definition) is 1. The molecule has 1 heterocycles. The Morgan fingerprint density at radius 1 is 1.11 bits per heavy atom. The maximum absolute atomic E-state index is 13.3. The first-order valence-electron chi connectivity index (χ1n) is 9.15. The molecule has 2 aromatic rings. The third-order valence-corrected chi connectivity index (χ3v) is 5.03. The molecule has 148 valence electrons. The number of nitro benzene ring substituents is 1. The number of carbonyl (C=O) groups is 1. The van der Waals surface area contributed by atoms with Gasteiger partial charge < -0.3 is 10.2 Å². The van der Waals surface area contributed by atoms with E-state index in [-0.39, 0.29) is 23.5 Å². The van der Waals surface area contributed by atoms with Crippen LogP contribution in [0.2, 0.25) is 0 Å². The lowest BCUT2D eigenvalue weighted by atomic mass is 10.0. The second-order valence-electron chi connectivity index (χ2n) is 6.92. The summed E-state index contributed by atoms with van der Waals surface area (Å²) in [5.74, 6) is -0.591. The number of carbonyl (C=O) groups excluding carboxylic acids is 1. The fraction of sp³-hybridized carbons (Fsp3) is 0.350. The van der Waals surface area contributed by atoms with Crippen molar-refractivity contribution in [2.75, 3.05) is 39.8 Å². The van der Waals surface area contributed by atoms with Gasteiger partial charge in [0.25, 0.3) is 11.6 Å². The van der Waals surface area contributed by atoms with Gasteiger partial charge in [-0.25, -0.2) is 4.39 Å². The molecule has 8 heteroatoms. The Hall–Kier alpha value is -2.84. The van der Waals surface area contributed by atoms with Gasteiger partial charge in [-0.3, -0.25) is 19.8 Å². The van der Waals surface area contributed by atoms with Crippen LogP contribution in [0.1, 0.15) is 22.0 Å². The van der Waals surface area contributed by atoms with Crippen molar-refractivity contribution < 1.29 is 14.1 Å². The molecule has 0 aliphatic carbocycles. The lowest BCUT2D eigenvalue weighted by molar-refractivity contribution is -0.384. The molecule has 1 saturated heterocycles. The molecule has 0 spiro atoms. The minimum Gasteiger partial charge on any atom is -0.350 e. The summed E-state index contributed by atoms with van der Waals surface area (Å²) in [7, 11) is 2.07. The van der Waals surface area contributed by atoms with Gasteiger partial charge in [-0.2, -0.15) is 0 Å². The van der Waals surface area contributed by atoms with Crippen LogP contribution >= 0.6 is 0 Å². The van der Waals surface area contributed by atoms with Crippen LogP contribution in [-0.2, 0) is 0 Å². The maximum Gasteiger partial charge on any atom is 0.269 e. The van der Waals surface area contributed by atoms with Crippen molar-refractivity contribution in [1.29, 1.82) is 0 Å². The average Bonchev–Trinajstić information content (AvgIpc) is 2.70. The first kappa shape index (κ1) is 19.9. The highest BCUT2D eigenvalue weighted by Gasteiger charge is 2.24. The summed E-state index contributed by atoms with van der Waals surface area (Å²) >= 11 is 0. The number of halogens is 1. The normalized spacial score (nSPS) is 16.5. The van der Waals surface area contributed by atoms with Crippen molar-refractivity contribution in [3.63, 3.8) is 0 Å². The van der Waals surface area contributed by atoms with Crippen molar-refractivity contribution in [1.82, 2.24) is 15.1 Å². The molecule has 0 aromatic heterocycles. The second-order valence-corrected chi connectivity index (χ2v) is 6.92. The van der Waals surface area contributed by atoms with Crippen molar-refractivity contribution in [3.8, 4) is 0 Å². The molecule has 0 radical (unpaired) electrons. The van der Waals surface area contributed by atoms with E-state index in [9.17, 15) is 19.3 Å². The highest BCUT2D eigenvalue weighted by molar-refractivity contribution is 5.94. The maximum atomic E-state index is 13.3. The molecule has 0 saturated carbocycles. The Kier molecular flexibility index (Phi) is 6.33. The number of nitro groups is 1. The Bertz CT molecular complexity index is 818. The topological polar surface area (TPSA) is 78.7 Å². The van der Waals surface area contributed by atoms with Gasteiger partial charge in [-0.1, -0.05) is 12.1 Å². The van der Waals surface area contributed by atoms with E-state index in [1.807, 2.05) is 0 Å². The summed E-state index contributed by atoms with van der Waals surface area (Å²) in [5.41, 5.74) is 1.25. The molecule has 1 atom stereocenters. The Balaban J connectivity index is 1.70. The Morgan fingerprint density at radius 3 is 2.29 bits per heavy atom. The van der Waals surface area contributed by atoms with Crippen molar-refractivity contribution >= 4 is 11.6 Å². The molecule has 28 heavy (non-hydrogen) atoms. The summed E-state index contributed by atoms with van der Waals surface area (Å²) in [6, 6.07) is 11.8. The van der Waals surface area contributed by atoms with Gasteiger partial charge in [0.2, 0.25) is 0 Å². The van der Waals surface area contributed by atoms with E-state index in [2.05, 4.69) is 22.2 Å². The zero-order valence-electron chi connectivity index (χ0n) is 15.7. The number of nitrogens with zero attached hydrogens (tertiary/aromatic N) is 3. The minimum atomic E-state index is -0.500. The van der Waals surface area contributed by atoms with Gasteiger partial charge in [0.1, 0.15) is 5.82 Å². The zero-order valence-corrected chi connectivity index (χ0v) is 15.7. The third kappa shape index (κ3) is 4.90. The summed E-state index contributed by atoms with van der Waals surface area (Å²) in [5, 5.41) is 13.7. The molecule has 3 rings (SSSR count). The molecule has 7 nitrogen and oxygen atoms in total. The lowest BCUT2D eigenvalue weighted by Gasteiger charge is -2.38. The average molecular weight is 386 g/mol. The first-order chi connectivity index (χ1) is 13.4. The van der Waals surface area contributed by atoms with Crippen LogP contribution in [0.25, 0.3) is 0 Å². The number of benzene rings is 2. The molecule has 1 amide bonds. The number of non-ortho nitro benzene ring substituents is 1. The molecule has 1 fully saturated rings. The summed E-state index contributed by atoms with van der Waals surface area (Å²) in [4.78, 5) is 27.3. The first-order valence-corrected chi connectivity index (χ1v) is 9.15. The standard InChI is InChI=1S/C20H23FN4O3/c1-23-10-12-24(13-11-23)19(15-2-6-17(21)7-3-15)14-22-20(26)16-4-8-18(9-5-16)25(27)28/h2-9,19H,10-14H2,1H3,(H,22,26)/t19-/m0/s1. The monoisotopic (exact) mass is 386 g/mol. The van der Waals surface area contributed by atoms with Crippen LogP contribution < -0.4 is 5.32 Å².